The number of halogens is 2. The van der Waals surface area contributed by atoms with Gasteiger partial charge in [-0.25, -0.2) is 4.39 Å². The maximum absolute atomic E-state index is 13.6. The van der Waals surface area contributed by atoms with Crippen LogP contribution >= 0.6 is 11.6 Å². The van der Waals surface area contributed by atoms with E-state index in [9.17, 15) is 14.0 Å². The van der Waals surface area contributed by atoms with Crippen LogP contribution in [0.5, 0.6) is 0 Å². The number of carbonyl (C=O) groups is 2. The Balaban J connectivity index is 1.90. The highest BCUT2D eigenvalue weighted by Crippen LogP contribution is 2.48. The minimum atomic E-state index is -0.879. The van der Waals surface area contributed by atoms with Crippen molar-refractivity contribution in [2.75, 3.05) is 5.32 Å². The Kier molecular flexibility index (Phi) is 4.52. The van der Waals surface area contributed by atoms with Crippen LogP contribution in [0, 0.1) is 11.7 Å². The first-order chi connectivity index (χ1) is 11.8. The van der Waals surface area contributed by atoms with E-state index < -0.39 is 17.1 Å². The predicted molar refractivity (Wildman–Crippen MR) is 95.1 cm³/mol. The summed E-state index contributed by atoms with van der Waals surface area (Å²) in [5.41, 5.74) is 5.42. The van der Waals surface area contributed by atoms with Crippen LogP contribution in [0.15, 0.2) is 42.5 Å². The average molecular weight is 361 g/mol. The summed E-state index contributed by atoms with van der Waals surface area (Å²) in [6, 6.07) is 11.0. The van der Waals surface area contributed by atoms with E-state index in [1.54, 1.807) is 12.1 Å². The average Bonchev–Trinajstić information content (AvgIpc) is 2.53. The number of benzene rings is 2. The van der Waals surface area contributed by atoms with Gasteiger partial charge in [0.2, 0.25) is 5.91 Å². The normalized spacial score (nSPS) is 22.1. The molecule has 130 valence electrons. The molecule has 0 bridgehead atoms. The number of nitrogens with one attached hydrogen (secondary N) is 1. The largest absolute Gasteiger partial charge is 0.366 e. The van der Waals surface area contributed by atoms with Crippen molar-refractivity contribution in [1.29, 1.82) is 0 Å². The number of primary amides is 1. The number of anilines is 1. The molecule has 0 aliphatic heterocycles. The smallest absolute Gasteiger partial charge is 0.251 e. The second-order valence-corrected chi connectivity index (χ2v) is 7.06. The van der Waals surface area contributed by atoms with Crippen molar-refractivity contribution in [2.45, 2.75) is 25.2 Å². The fraction of sp³-hybridized carbons (Fsp3) is 0.263. The fourth-order valence-corrected chi connectivity index (χ4v) is 3.70. The van der Waals surface area contributed by atoms with Gasteiger partial charge in [-0.05, 0) is 54.7 Å². The van der Waals surface area contributed by atoms with Gasteiger partial charge in [0.25, 0.3) is 5.91 Å². The number of carbonyl (C=O) groups excluding carboxylic acids is 2. The van der Waals surface area contributed by atoms with E-state index >= 15 is 0 Å². The first kappa shape index (κ1) is 17.4. The lowest BCUT2D eigenvalue weighted by Gasteiger charge is -2.45. The van der Waals surface area contributed by atoms with E-state index in [4.69, 9.17) is 17.3 Å². The number of hydrogen-bond acceptors (Lipinski definition) is 2. The standard InChI is InChI=1S/C19H18ClFN2O2/c1-11-9-19(10-11,12-3-2-4-13(20)7-12)18(25)23-14-5-6-16(21)15(8-14)17(22)24/h2-8,11H,9-10H2,1H3,(H2,22,24)(H,23,25). The highest BCUT2D eigenvalue weighted by molar-refractivity contribution is 6.30. The van der Waals surface area contributed by atoms with Crippen molar-refractivity contribution >= 4 is 29.1 Å². The Morgan fingerprint density at radius 1 is 1.24 bits per heavy atom. The Hall–Kier alpha value is -2.40. The van der Waals surface area contributed by atoms with Gasteiger partial charge < -0.3 is 11.1 Å². The van der Waals surface area contributed by atoms with Crippen LogP contribution in [0.3, 0.4) is 0 Å². The maximum atomic E-state index is 13.6. The third kappa shape index (κ3) is 3.24. The van der Waals surface area contributed by atoms with Crippen molar-refractivity contribution in [3.8, 4) is 0 Å². The van der Waals surface area contributed by atoms with Gasteiger partial charge in [-0.15, -0.1) is 0 Å². The van der Waals surface area contributed by atoms with Gasteiger partial charge in [0.05, 0.1) is 11.0 Å². The minimum Gasteiger partial charge on any atom is -0.366 e. The molecule has 0 spiro atoms. The number of nitrogens with two attached hydrogens (primary N) is 1. The van der Waals surface area contributed by atoms with Crippen LogP contribution in [-0.4, -0.2) is 11.8 Å². The molecule has 4 nitrogen and oxygen atoms in total. The SMILES string of the molecule is CC1CC(C(=O)Nc2ccc(F)c(C(N)=O)c2)(c2cccc(Cl)c2)C1. The van der Waals surface area contributed by atoms with Gasteiger partial charge in [-0.1, -0.05) is 30.7 Å². The molecule has 0 aromatic heterocycles. The van der Waals surface area contributed by atoms with Crippen LogP contribution < -0.4 is 11.1 Å². The molecule has 1 aliphatic rings. The maximum Gasteiger partial charge on any atom is 0.251 e. The van der Waals surface area contributed by atoms with E-state index in [1.807, 2.05) is 12.1 Å². The molecule has 25 heavy (non-hydrogen) atoms. The highest BCUT2D eigenvalue weighted by Gasteiger charge is 2.49. The zero-order valence-electron chi connectivity index (χ0n) is 13.7. The molecule has 0 radical (unpaired) electrons. The third-order valence-electron chi connectivity index (χ3n) is 4.70. The van der Waals surface area contributed by atoms with Crippen LogP contribution in [-0.2, 0) is 10.2 Å². The molecular weight excluding hydrogens is 343 g/mol. The number of hydrogen-bond donors (Lipinski definition) is 2. The third-order valence-corrected chi connectivity index (χ3v) is 4.93. The Morgan fingerprint density at radius 2 is 1.96 bits per heavy atom. The summed E-state index contributed by atoms with van der Waals surface area (Å²) in [5, 5.41) is 3.36. The Bertz CT molecular complexity index is 847. The zero-order chi connectivity index (χ0) is 18.2. The molecule has 0 unspecified atom stereocenters. The van der Waals surface area contributed by atoms with Gasteiger partial charge in [0, 0.05) is 10.7 Å². The first-order valence-corrected chi connectivity index (χ1v) is 8.36. The molecule has 3 rings (SSSR count). The van der Waals surface area contributed by atoms with Gasteiger partial charge >= 0.3 is 0 Å². The minimum absolute atomic E-state index is 0.199. The topological polar surface area (TPSA) is 72.2 Å². The van der Waals surface area contributed by atoms with Crippen LogP contribution in [0.1, 0.15) is 35.7 Å². The zero-order valence-corrected chi connectivity index (χ0v) is 14.4. The second kappa shape index (κ2) is 6.48. The summed E-state index contributed by atoms with van der Waals surface area (Å²) in [6.45, 7) is 2.08. The fourth-order valence-electron chi connectivity index (χ4n) is 3.51. The van der Waals surface area contributed by atoms with Crippen molar-refractivity contribution in [2.24, 2.45) is 11.7 Å². The summed E-state index contributed by atoms with van der Waals surface area (Å²) in [4.78, 5) is 24.3. The lowest BCUT2D eigenvalue weighted by molar-refractivity contribution is -0.126. The molecular formula is C19H18ClFN2O2. The quantitative estimate of drug-likeness (QED) is 0.868. The monoisotopic (exact) mass is 360 g/mol. The number of rotatable bonds is 4. The molecule has 2 aromatic carbocycles. The van der Waals surface area contributed by atoms with Gasteiger partial charge in [0.1, 0.15) is 5.82 Å². The van der Waals surface area contributed by atoms with Gasteiger partial charge in [-0.2, -0.15) is 0 Å². The molecule has 2 amide bonds. The lowest BCUT2D eigenvalue weighted by atomic mass is 9.58. The van der Waals surface area contributed by atoms with Crippen molar-refractivity contribution in [3.05, 3.63) is 64.4 Å². The lowest BCUT2D eigenvalue weighted by Crippen LogP contribution is -2.49. The van der Waals surface area contributed by atoms with Gasteiger partial charge in [-0.3, -0.25) is 9.59 Å². The van der Waals surface area contributed by atoms with E-state index in [2.05, 4.69) is 12.2 Å². The highest BCUT2D eigenvalue weighted by atomic mass is 35.5. The van der Waals surface area contributed by atoms with Gasteiger partial charge in [0.15, 0.2) is 0 Å². The Labute approximate surface area is 150 Å². The Morgan fingerprint density at radius 3 is 2.56 bits per heavy atom. The molecule has 6 heteroatoms. The van der Waals surface area contributed by atoms with Crippen molar-refractivity contribution < 1.29 is 14.0 Å². The molecule has 0 atom stereocenters. The molecule has 3 N–H and O–H groups in total. The van der Waals surface area contributed by atoms with Crippen LogP contribution in [0.4, 0.5) is 10.1 Å². The van der Waals surface area contributed by atoms with E-state index in [1.165, 1.54) is 12.1 Å². The molecule has 0 saturated heterocycles. The second-order valence-electron chi connectivity index (χ2n) is 6.62. The summed E-state index contributed by atoms with van der Waals surface area (Å²) >= 11 is 6.08. The summed E-state index contributed by atoms with van der Waals surface area (Å²) in [6.07, 6.45) is 1.39. The number of amides is 2. The molecule has 1 saturated carbocycles. The summed E-state index contributed by atoms with van der Waals surface area (Å²) < 4.78 is 13.6. The van der Waals surface area contributed by atoms with E-state index in [-0.39, 0.29) is 11.5 Å². The van der Waals surface area contributed by atoms with Crippen LogP contribution in [0.25, 0.3) is 0 Å². The van der Waals surface area contributed by atoms with Crippen molar-refractivity contribution in [1.82, 2.24) is 0 Å². The summed E-state index contributed by atoms with van der Waals surface area (Å²) in [5.74, 6) is -1.38. The predicted octanol–water partition coefficient (Wildman–Crippen LogP) is 3.88. The molecule has 2 aromatic rings. The molecule has 1 aliphatic carbocycles. The molecule has 0 heterocycles. The van der Waals surface area contributed by atoms with Crippen LogP contribution in [0.2, 0.25) is 5.02 Å². The van der Waals surface area contributed by atoms with E-state index in [0.29, 0.717) is 29.5 Å². The van der Waals surface area contributed by atoms with Crippen molar-refractivity contribution in [3.63, 3.8) is 0 Å². The summed E-state index contributed by atoms with van der Waals surface area (Å²) in [7, 11) is 0. The first-order valence-electron chi connectivity index (χ1n) is 7.99. The molecule has 1 fully saturated rings. The van der Waals surface area contributed by atoms with E-state index in [0.717, 1.165) is 11.6 Å².